The van der Waals surface area contributed by atoms with Gasteiger partial charge in [0.25, 0.3) is 20.0 Å². The Hall–Kier alpha value is -1.45. The average Bonchev–Trinajstić information content (AvgIpc) is 2.46. The molecule has 0 aliphatic heterocycles. The van der Waals surface area contributed by atoms with Crippen molar-refractivity contribution in [2.75, 3.05) is 0 Å². The van der Waals surface area contributed by atoms with Crippen LogP contribution in [0.4, 0.5) is 0 Å². The van der Waals surface area contributed by atoms with Crippen LogP contribution in [-0.4, -0.2) is 16.8 Å². The summed E-state index contributed by atoms with van der Waals surface area (Å²) in [5, 5.41) is 0.374. The fourth-order valence-corrected chi connectivity index (χ4v) is 3.79. The highest BCUT2D eigenvalue weighted by Gasteiger charge is 2.19. The number of rotatable bonds is 5. The molecule has 0 radical (unpaired) electrons. The van der Waals surface area contributed by atoms with Crippen LogP contribution in [0, 0.1) is 6.92 Å². The van der Waals surface area contributed by atoms with E-state index < -0.39 is 20.0 Å². The van der Waals surface area contributed by atoms with E-state index in [9.17, 15) is 16.8 Å². The summed E-state index contributed by atoms with van der Waals surface area (Å²) < 4.78 is 48.0. The zero-order valence-electron chi connectivity index (χ0n) is 11.4. The van der Waals surface area contributed by atoms with Crippen LogP contribution >= 0.6 is 11.6 Å². The van der Waals surface area contributed by atoms with Crippen molar-refractivity contribution in [3.05, 3.63) is 59.1 Å². The first kappa shape index (κ1) is 16.9. The normalized spacial score (nSPS) is 12.3. The van der Waals surface area contributed by atoms with Crippen LogP contribution < -0.4 is 9.66 Å². The summed E-state index contributed by atoms with van der Waals surface area (Å²) in [6.07, 6.45) is 0. The molecule has 2 aromatic carbocycles. The van der Waals surface area contributed by atoms with Gasteiger partial charge in [-0.15, -0.1) is 9.66 Å². The second-order valence-electron chi connectivity index (χ2n) is 4.48. The first-order valence-electron chi connectivity index (χ1n) is 6.06. The van der Waals surface area contributed by atoms with Crippen molar-refractivity contribution in [1.29, 1.82) is 0 Å². The first-order chi connectivity index (χ1) is 10.2. The van der Waals surface area contributed by atoms with Gasteiger partial charge in [0.1, 0.15) is 0 Å². The third-order valence-electron chi connectivity index (χ3n) is 2.77. The summed E-state index contributed by atoms with van der Waals surface area (Å²) in [6, 6.07) is 11.3. The Morgan fingerprint density at radius 1 is 0.727 bits per heavy atom. The lowest BCUT2D eigenvalue weighted by atomic mass is 10.2. The number of hydrogen-bond donors (Lipinski definition) is 2. The van der Waals surface area contributed by atoms with Crippen molar-refractivity contribution < 1.29 is 16.8 Å². The van der Waals surface area contributed by atoms with E-state index >= 15 is 0 Å². The molecule has 0 aliphatic rings. The summed E-state index contributed by atoms with van der Waals surface area (Å²) in [7, 11) is -8.02. The maximum absolute atomic E-state index is 12.0. The van der Waals surface area contributed by atoms with E-state index in [0.717, 1.165) is 5.56 Å². The lowest BCUT2D eigenvalue weighted by Crippen LogP contribution is -2.41. The molecule has 0 amide bonds. The minimum absolute atomic E-state index is 0.0445. The second kappa shape index (κ2) is 6.35. The van der Waals surface area contributed by atoms with Crippen LogP contribution in [0.25, 0.3) is 0 Å². The molecule has 0 heterocycles. The van der Waals surface area contributed by atoms with Crippen LogP contribution in [-0.2, 0) is 20.0 Å². The van der Waals surface area contributed by atoms with Gasteiger partial charge in [0.05, 0.1) is 9.79 Å². The number of benzene rings is 2. The molecule has 0 unspecified atom stereocenters. The van der Waals surface area contributed by atoms with Gasteiger partial charge in [-0.3, -0.25) is 0 Å². The third-order valence-corrected chi connectivity index (χ3v) is 5.67. The smallest absolute Gasteiger partial charge is 0.206 e. The fourth-order valence-electron chi connectivity index (χ4n) is 1.56. The van der Waals surface area contributed by atoms with E-state index in [1.165, 1.54) is 36.4 Å². The molecule has 22 heavy (non-hydrogen) atoms. The van der Waals surface area contributed by atoms with E-state index in [1.54, 1.807) is 12.1 Å². The molecular formula is C13H13ClN2O4S2. The van der Waals surface area contributed by atoms with E-state index in [-0.39, 0.29) is 9.79 Å². The summed E-state index contributed by atoms with van der Waals surface area (Å²) in [5.74, 6) is 0. The molecule has 0 spiro atoms. The second-order valence-corrected chi connectivity index (χ2v) is 8.28. The summed E-state index contributed by atoms with van der Waals surface area (Å²) >= 11 is 5.68. The average molecular weight is 361 g/mol. The minimum Gasteiger partial charge on any atom is -0.206 e. The van der Waals surface area contributed by atoms with Crippen molar-refractivity contribution in [3.63, 3.8) is 0 Å². The van der Waals surface area contributed by atoms with Gasteiger partial charge in [0, 0.05) is 5.02 Å². The quantitative estimate of drug-likeness (QED) is 0.795. The van der Waals surface area contributed by atoms with E-state index in [0.29, 0.717) is 5.02 Å². The molecule has 6 nitrogen and oxygen atoms in total. The molecule has 0 saturated carbocycles. The first-order valence-corrected chi connectivity index (χ1v) is 9.41. The number of sulfonamides is 2. The fraction of sp³-hybridized carbons (Fsp3) is 0.0769. The van der Waals surface area contributed by atoms with Crippen molar-refractivity contribution in [2.45, 2.75) is 16.7 Å². The maximum Gasteiger partial charge on any atom is 0.254 e. The van der Waals surface area contributed by atoms with Crippen molar-refractivity contribution in [3.8, 4) is 0 Å². The maximum atomic E-state index is 12.0. The summed E-state index contributed by atoms with van der Waals surface area (Å²) in [5.41, 5.74) is 0.890. The Kier molecular flexibility index (Phi) is 4.88. The number of aryl methyl sites for hydroxylation is 1. The van der Waals surface area contributed by atoms with Gasteiger partial charge in [0.15, 0.2) is 0 Å². The van der Waals surface area contributed by atoms with Crippen LogP contribution in [0.1, 0.15) is 5.56 Å². The number of hydrazine groups is 1. The van der Waals surface area contributed by atoms with Gasteiger partial charge in [-0.25, -0.2) is 16.8 Å². The Balaban J connectivity index is 2.17. The van der Waals surface area contributed by atoms with Crippen LogP contribution in [0.15, 0.2) is 58.3 Å². The Morgan fingerprint density at radius 3 is 1.50 bits per heavy atom. The van der Waals surface area contributed by atoms with Crippen LogP contribution in [0.5, 0.6) is 0 Å². The van der Waals surface area contributed by atoms with Crippen LogP contribution in [0.3, 0.4) is 0 Å². The molecule has 0 atom stereocenters. The van der Waals surface area contributed by atoms with E-state index in [4.69, 9.17) is 11.6 Å². The molecule has 9 heteroatoms. The molecule has 2 N–H and O–H groups in total. The van der Waals surface area contributed by atoms with Gasteiger partial charge < -0.3 is 0 Å². The molecule has 0 saturated heterocycles. The molecule has 0 aromatic heterocycles. The van der Waals surface area contributed by atoms with Crippen molar-refractivity contribution in [1.82, 2.24) is 9.66 Å². The molecule has 0 aliphatic carbocycles. The topological polar surface area (TPSA) is 92.3 Å². The highest BCUT2D eigenvalue weighted by molar-refractivity contribution is 7.92. The van der Waals surface area contributed by atoms with E-state index in [2.05, 4.69) is 0 Å². The lowest BCUT2D eigenvalue weighted by Gasteiger charge is -2.09. The molecule has 0 fully saturated rings. The summed E-state index contributed by atoms with van der Waals surface area (Å²) in [6.45, 7) is 1.81. The predicted molar refractivity (Wildman–Crippen MR) is 83.3 cm³/mol. The number of halogens is 1. The number of hydrogen-bond acceptors (Lipinski definition) is 4. The monoisotopic (exact) mass is 360 g/mol. The Bertz CT molecular complexity index is 786. The van der Waals surface area contributed by atoms with Crippen molar-refractivity contribution >= 4 is 31.6 Å². The van der Waals surface area contributed by atoms with Crippen molar-refractivity contribution in [2.24, 2.45) is 0 Å². The highest BCUT2D eigenvalue weighted by atomic mass is 35.5. The molecule has 2 aromatic rings. The van der Waals surface area contributed by atoms with Crippen LogP contribution in [0.2, 0.25) is 5.02 Å². The minimum atomic E-state index is -4.03. The van der Waals surface area contributed by atoms with E-state index in [1.807, 2.05) is 16.6 Å². The largest absolute Gasteiger partial charge is 0.254 e. The SMILES string of the molecule is Cc1ccc(S(=O)(=O)NNS(=O)(=O)c2ccc(Cl)cc2)cc1. The molecular weight excluding hydrogens is 348 g/mol. The van der Waals surface area contributed by atoms with Gasteiger partial charge in [-0.2, -0.15) is 0 Å². The molecule has 118 valence electrons. The Labute approximate surface area is 134 Å². The zero-order chi connectivity index (χ0) is 16.4. The van der Waals surface area contributed by atoms with Gasteiger partial charge in [0.2, 0.25) is 0 Å². The predicted octanol–water partition coefficient (Wildman–Crippen LogP) is 1.82. The highest BCUT2D eigenvalue weighted by Crippen LogP contribution is 2.14. The standard InChI is InChI=1S/C13H13ClN2O4S2/c1-10-2-6-12(7-3-10)21(17,18)15-16-22(19,20)13-8-4-11(14)5-9-13/h2-9,15-16H,1H3. The molecule has 2 rings (SSSR count). The summed E-state index contributed by atoms with van der Waals surface area (Å²) in [4.78, 5) is 3.54. The van der Waals surface area contributed by atoms with Gasteiger partial charge >= 0.3 is 0 Å². The third kappa shape index (κ3) is 4.05. The zero-order valence-corrected chi connectivity index (χ0v) is 13.8. The number of nitrogens with one attached hydrogen (secondary N) is 2. The van der Waals surface area contributed by atoms with Gasteiger partial charge in [-0.05, 0) is 43.3 Å². The Morgan fingerprint density at radius 2 is 1.09 bits per heavy atom. The molecule has 0 bridgehead atoms. The van der Waals surface area contributed by atoms with Gasteiger partial charge in [-0.1, -0.05) is 29.3 Å². The lowest BCUT2D eigenvalue weighted by molar-refractivity contribution is 0.557.